The van der Waals surface area contributed by atoms with Gasteiger partial charge in [0.2, 0.25) is 0 Å². The Bertz CT molecular complexity index is 284. The van der Waals surface area contributed by atoms with E-state index in [1.165, 1.54) is 19.4 Å². The predicted octanol–water partition coefficient (Wildman–Crippen LogP) is 1.75. The minimum Gasteiger partial charge on any atom is -0.304 e. The molecule has 13 heavy (non-hydrogen) atoms. The van der Waals surface area contributed by atoms with Crippen LogP contribution in [0.1, 0.15) is 18.9 Å². The summed E-state index contributed by atoms with van der Waals surface area (Å²) in [6.45, 7) is 2.37. The standard InChI is InChI=1S/C9H14IN3/c1-12-5-2-3-8(7-12)13-6-4-9(10)11-13/h4,6,8H,2-3,5,7H2,1H3/t8-/m1/s1. The van der Waals surface area contributed by atoms with Gasteiger partial charge in [0.1, 0.15) is 3.70 Å². The molecule has 0 radical (unpaired) electrons. The van der Waals surface area contributed by atoms with Crippen LogP contribution in [-0.4, -0.2) is 34.8 Å². The lowest BCUT2D eigenvalue weighted by Crippen LogP contribution is -2.33. The van der Waals surface area contributed by atoms with Gasteiger partial charge in [-0.05, 0) is 55.1 Å². The summed E-state index contributed by atoms with van der Waals surface area (Å²) in [5.41, 5.74) is 0. The van der Waals surface area contributed by atoms with E-state index >= 15 is 0 Å². The monoisotopic (exact) mass is 291 g/mol. The molecule has 1 aliphatic rings. The maximum absolute atomic E-state index is 4.45. The zero-order chi connectivity index (χ0) is 9.26. The second-order valence-electron chi connectivity index (χ2n) is 3.68. The topological polar surface area (TPSA) is 21.1 Å². The van der Waals surface area contributed by atoms with Crippen LogP contribution >= 0.6 is 22.6 Å². The molecule has 2 rings (SSSR count). The van der Waals surface area contributed by atoms with Crippen LogP contribution in [0.5, 0.6) is 0 Å². The van der Waals surface area contributed by atoms with E-state index < -0.39 is 0 Å². The molecule has 2 heterocycles. The van der Waals surface area contributed by atoms with Gasteiger partial charge in [-0.3, -0.25) is 4.68 Å². The summed E-state index contributed by atoms with van der Waals surface area (Å²) < 4.78 is 3.20. The van der Waals surface area contributed by atoms with Crippen molar-refractivity contribution < 1.29 is 0 Å². The highest BCUT2D eigenvalue weighted by atomic mass is 127. The molecule has 0 saturated carbocycles. The molecule has 0 N–H and O–H groups in total. The first-order valence-corrected chi connectivity index (χ1v) is 5.73. The number of hydrogen-bond acceptors (Lipinski definition) is 2. The van der Waals surface area contributed by atoms with Crippen molar-refractivity contribution in [2.75, 3.05) is 20.1 Å². The maximum atomic E-state index is 4.45. The van der Waals surface area contributed by atoms with Crippen LogP contribution in [0.2, 0.25) is 0 Å². The Morgan fingerprint density at radius 3 is 3.08 bits per heavy atom. The highest BCUT2D eigenvalue weighted by molar-refractivity contribution is 14.1. The first-order chi connectivity index (χ1) is 6.25. The zero-order valence-electron chi connectivity index (χ0n) is 7.78. The second kappa shape index (κ2) is 3.96. The highest BCUT2D eigenvalue weighted by Gasteiger charge is 2.18. The minimum absolute atomic E-state index is 0.585. The molecule has 72 valence electrons. The SMILES string of the molecule is CN1CCC[C@@H](n2ccc(I)n2)C1. The molecule has 3 nitrogen and oxygen atoms in total. The van der Waals surface area contributed by atoms with Crippen molar-refractivity contribution in [2.45, 2.75) is 18.9 Å². The first kappa shape index (κ1) is 9.45. The third-order valence-electron chi connectivity index (χ3n) is 2.55. The number of aromatic nitrogens is 2. The molecule has 1 atom stereocenters. The van der Waals surface area contributed by atoms with Gasteiger partial charge in [-0.1, -0.05) is 0 Å². The maximum Gasteiger partial charge on any atom is 0.123 e. The molecule has 1 aromatic heterocycles. The third-order valence-corrected chi connectivity index (χ3v) is 3.12. The summed E-state index contributed by atoms with van der Waals surface area (Å²) in [5.74, 6) is 0. The molecule has 1 saturated heterocycles. The molecule has 0 aromatic carbocycles. The largest absolute Gasteiger partial charge is 0.304 e. The lowest BCUT2D eigenvalue weighted by molar-refractivity contribution is 0.202. The van der Waals surface area contributed by atoms with E-state index in [0.717, 1.165) is 10.2 Å². The van der Waals surface area contributed by atoms with Gasteiger partial charge in [0, 0.05) is 12.7 Å². The summed E-state index contributed by atoms with van der Waals surface area (Å²) in [5, 5.41) is 4.45. The van der Waals surface area contributed by atoms with Crippen LogP contribution in [-0.2, 0) is 0 Å². The summed E-state index contributed by atoms with van der Waals surface area (Å²) in [4.78, 5) is 2.38. The Hall–Kier alpha value is -0.100. The van der Waals surface area contributed by atoms with E-state index in [4.69, 9.17) is 0 Å². The molecule has 0 spiro atoms. The van der Waals surface area contributed by atoms with Gasteiger partial charge < -0.3 is 4.90 Å². The fraction of sp³-hybridized carbons (Fsp3) is 0.667. The molecule has 0 bridgehead atoms. The first-order valence-electron chi connectivity index (χ1n) is 4.65. The van der Waals surface area contributed by atoms with Crippen molar-refractivity contribution >= 4 is 22.6 Å². The lowest BCUT2D eigenvalue weighted by Gasteiger charge is -2.29. The molecule has 4 heteroatoms. The molecular weight excluding hydrogens is 277 g/mol. The van der Waals surface area contributed by atoms with E-state index in [-0.39, 0.29) is 0 Å². The van der Waals surface area contributed by atoms with Gasteiger partial charge in [-0.15, -0.1) is 0 Å². The molecule has 1 aliphatic heterocycles. The van der Waals surface area contributed by atoms with Crippen molar-refractivity contribution in [1.29, 1.82) is 0 Å². The number of halogens is 1. The average Bonchev–Trinajstić information content (AvgIpc) is 2.52. The van der Waals surface area contributed by atoms with Gasteiger partial charge in [0.05, 0.1) is 6.04 Å². The predicted molar refractivity (Wildman–Crippen MR) is 60.7 cm³/mol. The summed E-state index contributed by atoms with van der Waals surface area (Å²) in [6.07, 6.45) is 4.64. The summed E-state index contributed by atoms with van der Waals surface area (Å²) >= 11 is 2.26. The van der Waals surface area contributed by atoms with Crippen molar-refractivity contribution in [3.05, 3.63) is 16.0 Å². The second-order valence-corrected chi connectivity index (χ2v) is 4.78. The third kappa shape index (κ3) is 2.22. The van der Waals surface area contributed by atoms with Gasteiger partial charge in [-0.25, -0.2) is 0 Å². The number of piperidine rings is 1. The van der Waals surface area contributed by atoms with Crippen molar-refractivity contribution in [3.63, 3.8) is 0 Å². The summed E-state index contributed by atoms with van der Waals surface area (Å²) in [6, 6.07) is 2.65. The average molecular weight is 291 g/mol. The Labute approximate surface area is 92.2 Å². The minimum atomic E-state index is 0.585. The Balaban J connectivity index is 2.08. The van der Waals surface area contributed by atoms with E-state index in [0.29, 0.717) is 6.04 Å². The quantitative estimate of drug-likeness (QED) is 0.735. The van der Waals surface area contributed by atoms with Gasteiger partial charge in [-0.2, -0.15) is 5.10 Å². The normalized spacial score (nSPS) is 24.9. The molecule has 0 amide bonds. The molecule has 1 fully saturated rings. The Kier molecular flexibility index (Phi) is 2.88. The molecule has 1 aromatic rings. The van der Waals surface area contributed by atoms with Crippen LogP contribution < -0.4 is 0 Å². The number of nitrogens with zero attached hydrogens (tertiary/aromatic N) is 3. The van der Waals surface area contributed by atoms with Crippen molar-refractivity contribution in [1.82, 2.24) is 14.7 Å². The number of likely N-dealkylation sites (tertiary alicyclic amines) is 1. The fourth-order valence-corrected chi connectivity index (χ4v) is 2.28. The van der Waals surface area contributed by atoms with Crippen molar-refractivity contribution in [2.24, 2.45) is 0 Å². The van der Waals surface area contributed by atoms with Crippen LogP contribution in [0.3, 0.4) is 0 Å². The smallest absolute Gasteiger partial charge is 0.123 e. The zero-order valence-corrected chi connectivity index (χ0v) is 9.94. The summed E-state index contributed by atoms with van der Waals surface area (Å²) in [7, 11) is 2.18. The van der Waals surface area contributed by atoms with Crippen molar-refractivity contribution in [3.8, 4) is 0 Å². The number of rotatable bonds is 1. The van der Waals surface area contributed by atoms with Crippen LogP contribution in [0, 0.1) is 3.70 Å². The number of hydrogen-bond donors (Lipinski definition) is 0. The van der Waals surface area contributed by atoms with Crippen LogP contribution in [0.25, 0.3) is 0 Å². The van der Waals surface area contributed by atoms with E-state index in [2.05, 4.69) is 56.6 Å². The van der Waals surface area contributed by atoms with E-state index in [1.807, 2.05) is 0 Å². The van der Waals surface area contributed by atoms with Gasteiger partial charge >= 0.3 is 0 Å². The Morgan fingerprint density at radius 2 is 2.46 bits per heavy atom. The van der Waals surface area contributed by atoms with Crippen LogP contribution in [0.4, 0.5) is 0 Å². The molecular formula is C9H14IN3. The lowest BCUT2D eigenvalue weighted by atomic mass is 10.1. The fourth-order valence-electron chi connectivity index (χ4n) is 1.87. The van der Waals surface area contributed by atoms with Gasteiger partial charge in [0.15, 0.2) is 0 Å². The van der Waals surface area contributed by atoms with E-state index in [1.54, 1.807) is 0 Å². The van der Waals surface area contributed by atoms with E-state index in [9.17, 15) is 0 Å². The highest BCUT2D eigenvalue weighted by Crippen LogP contribution is 2.19. The van der Waals surface area contributed by atoms with Gasteiger partial charge in [0.25, 0.3) is 0 Å². The van der Waals surface area contributed by atoms with Crippen LogP contribution in [0.15, 0.2) is 12.3 Å². The molecule has 0 unspecified atom stereocenters. The molecule has 0 aliphatic carbocycles. The Morgan fingerprint density at radius 1 is 1.62 bits per heavy atom. The number of likely N-dealkylation sites (N-methyl/N-ethyl adjacent to an activating group) is 1.